The van der Waals surface area contributed by atoms with Crippen molar-refractivity contribution < 1.29 is 28.9 Å². The Bertz CT molecular complexity index is 1240. The Balaban J connectivity index is 1.57. The van der Waals surface area contributed by atoms with Crippen molar-refractivity contribution in [3.8, 4) is 17.2 Å². The Kier molecular flexibility index (Phi) is 6.83. The number of nitrogens with zero attached hydrogens (tertiary/aromatic N) is 2. The third-order valence-corrected chi connectivity index (χ3v) is 6.47. The van der Waals surface area contributed by atoms with Crippen LogP contribution in [0.3, 0.4) is 0 Å². The number of aryl methyl sites for hydroxylation is 1. The molecule has 4 rings (SSSR count). The Morgan fingerprint density at radius 1 is 1.12 bits per heavy atom. The minimum absolute atomic E-state index is 0.00781. The number of esters is 1. The number of phenolic OH excluding ortho intramolecular Hbond substituents is 1. The molecule has 1 aromatic heterocycles. The zero-order chi connectivity index (χ0) is 24.2. The van der Waals surface area contributed by atoms with Gasteiger partial charge in [0.1, 0.15) is 11.3 Å². The van der Waals surface area contributed by atoms with E-state index in [2.05, 4.69) is 5.10 Å². The third-order valence-electron chi connectivity index (χ3n) is 5.55. The maximum atomic E-state index is 13.1. The lowest BCUT2D eigenvalue weighted by atomic mass is 10.0. The number of hydrazone groups is 1. The second-order valence-corrected chi connectivity index (χ2v) is 8.59. The van der Waals surface area contributed by atoms with Crippen LogP contribution >= 0.6 is 11.3 Å². The molecular weight excluding hydrogens is 456 g/mol. The number of thiophene rings is 1. The summed E-state index contributed by atoms with van der Waals surface area (Å²) in [4.78, 5) is 26.6. The molecule has 1 N–H and O–H groups in total. The van der Waals surface area contributed by atoms with Gasteiger partial charge in [-0.05, 0) is 47.7 Å². The van der Waals surface area contributed by atoms with Crippen molar-refractivity contribution in [2.45, 2.75) is 19.4 Å². The Hall–Kier alpha value is -3.85. The lowest BCUT2D eigenvalue weighted by Crippen LogP contribution is -2.31. The summed E-state index contributed by atoms with van der Waals surface area (Å²) in [5.41, 5.74) is 2.13. The molecule has 2 aromatic carbocycles. The van der Waals surface area contributed by atoms with Gasteiger partial charge >= 0.3 is 5.97 Å². The minimum Gasteiger partial charge on any atom is -0.507 e. The molecule has 1 aliphatic heterocycles. The van der Waals surface area contributed by atoms with E-state index in [9.17, 15) is 14.7 Å². The fourth-order valence-corrected chi connectivity index (χ4v) is 4.47. The number of benzene rings is 2. The second-order valence-electron chi connectivity index (χ2n) is 7.64. The van der Waals surface area contributed by atoms with Gasteiger partial charge in [0.05, 0.1) is 30.9 Å². The molecule has 176 valence electrons. The summed E-state index contributed by atoms with van der Waals surface area (Å²) in [6.45, 7) is 1.16. The van der Waals surface area contributed by atoms with Gasteiger partial charge in [0.15, 0.2) is 18.1 Å². The predicted octanol–water partition coefficient (Wildman–Crippen LogP) is 4.31. The first kappa shape index (κ1) is 23.3. The number of hydrogen-bond acceptors (Lipinski definition) is 8. The fraction of sp³-hybridized carbons (Fsp3) is 0.240. The van der Waals surface area contributed by atoms with Crippen molar-refractivity contribution >= 4 is 28.9 Å². The smallest absolute Gasteiger partial charge is 0.342 e. The molecule has 1 amide bonds. The summed E-state index contributed by atoms with van der Waals surface area (Å²) in [5.74, 6) is -0.306. The summed E-state index contributed by atoms with van der Waals surface area (Å²) in [7, 11) is 3.11. The van der Waals surface area contributed by atoms with E-state index in [1.807, 2.05) is 29.6 Å². The molecular formula is C25H24N2O6S. The molecule has 0 radical (unpaired) electrons. The first-order valence-electron chi connectivity index (χ1n) is 10.5. The van der Waals surface area contributed by atoms with E-state index in [0.29, 0.717) is 23.5 Å². The topological polar surface area (TPSA) is 97.7 Å². The number of amides is 1. The molecule has 0 saturated carbocycles. The number of phenols is 1. The maximum absolute atomic E-state index is 13.1. The van der Waals surface area contributed by atoms with E-state index < -0.39 is 24.5 Å². The Morgan fingerprint density at radius 2 is 1.91 bits per heavy atom. The zero-order valence-electron chi connectivity index (χ0n) is 19.0. The highest BCUT2D eigenvalue weighted by Crippen LogP contribution is 2.38. The summed E-state index contributed by atoms with van der Waals surface area (Å²) in [6.07, 6.45) is 0.494. The highest BCUT2D eigenvalue weighted by Gasteiger charge is 2.34. The Labute approximate surface area is 201 Å². The molecule has 34 heavy (non-hydrogen) atoms. The number of hydrogen-bond donors (Lipinski definition) is 1. The normalized spacial score (nSPS) is 15.1. The van der Waals surface area contributed by atoms with E-state index >= 15 is 0 Å². The first-order chi connectivity index (χ1) is 16.4. The number of methoxy groups -OCH3 is 2. The van der Waals surface area contributed by atoms with Crippen LogP contribution in [0.1, 0.15) is 38.8 Å². The average molecular weight is 481 g/mol. The van der Waals surface area contributed by atoms with Gasteiger partial charge in [0, 0.05) is 6.42 Å². The molecule has 0 aliphatic carbocycles. The largest absolute Gasteiger partial charge is 0.507 e. The van der Waals surface area contributed by atoms with Crippen LogP contribution in [0.25, 0.3) is 0 Å². The van der Waals surface area contributed by atoms with Crippen molar-refractivity contribution in [2.24, 2.45) is 5.10 Å². The van der Waals surface area contributed by atoms with Crippen LogP contribution in [0.4, 0.5) is 0 Å². The lowest BCUT2D eigenvalue weighted by Gasteiger charge is -2.23. The molecule has 3 aromatic rings. The fourth-order valence-electron chi connectivity index (χ4n) is 3.75. The van der Waals surface area contributed by atoms with E-state index in [-0.39, 0.29) is 11.3 Å². The highest BCUT2D eigenvalue weighted by atomic mass is 32.1. The SMILES string of the molecule is COc1ccc(C2CC(c3cccs3)=NN2C(=O)COC(=O)c2cccc(C)c2O)cc1OC. The predicted molar refractivity (Wildman–Crippen MR) is 128 cm³/mol. The molecule has 8 nitrogen and oxygen atoms in total. The average Bonchev–Trinajstić information content (AvgIpc) is 3.54. The second kappa shape index (κ2) is 9.96. The van der Waals surface area contributed by atoms with Gasteiger partial charge in [0.25, 0.3) is 5.91 Å². The monoisotopic (exact) mass is 480 g/mol. The van der Waals surface area contributed by atoms with Gasteiger partial charge in [-0.2, -0.15) is 5.10 Å². The number of ether oxygens (including phenoxy) is 3. The summed E-state index contributed by atoms with van der Waals surface area (Å²) in [6, 6.07) is 13.7. The molecule has 2 heterocycles. The van der Waals surface area contributed by atoms with Crippen LogP contribution in [-0.2, 0) is 9.53 Å². The van der Waals surface area contributed by atoms with Crippen LogP contribution in [0.2, 0.25) is 0 Å². The number of para-hydroxylation sites is 1. The van der Waals surface area contributed by atoms with Crippen molar-refractivity contribution in [2.75, 3.05) is 20.8 Å². The molecule has 0 fully saturated rings. The first-order valence-corrected chi connectivity index (χ1v) is 11.4. The van der Waals surface area contributed by atoms with Gasteiger partial charge in [0.2, 0.25) is 0 Å². The minimum atomic E-state index is -0.779. The standard InChI is InChI=1S/C25H24N2O6S/c1-15-6-4-7-17(24(15)29)25(30)33-14-23(28)27-19(13-18(26-27)22-8-5-11-34-22)16-9-10-20(31-2)21(12-16)32-3/h4-12,19,29H,13-14H2,1-3H3. The van der Waals surface area contributed by atoms with Crippen LogP contribution in [0.15, 0.2) is 59.0 Å². The van der Waals surface area contributed by atoms with Crippen molar-refractivity contribution in [1.29, 1.82) is 0 Å². The van der Waals surface area contributed by atoms with Crippen molar-refractivity contribution in [1.82, 2.24) is 5.01 Å². The molecule has 1 atom stereocenters. The van der Waals surface area contributed by atoms with E-state index in [0.717, 1.165) is 16.2 Å². The summed E-state index contributed by atoms with van der Waals surface area (Å²) >= 11 is 1.54. The maximum Gasteiger partial charge on any atom is 0.342 e. The van der Waals surface area contributed by atoms with Crippen LogP contribution in [-0.4, -0.2) is 48.5 Å². The zero-order valence-corrected chi connectivity index (χ0v) is 19.8. The lowest BCUT2D eigenvalue weighted by molar-refractivity contribution is -0.136. The van der Waals surface area contributed by atoms with Crippen LogP contribution in [0.5, 0.6) is 17.2 Å². The van der Waals surface area contributed by atoms with E-state index in [4.69, 9.17) is 14.2 Å². The quantitative estimate of drug-likeness (QED) is 0.506. The molecule has 1 unspecified atom stereocenters. The van der Waals surface area contributed by atoms with Gasteiger partial charge in [-0.15, -0.1) is 11.3 Å². The number of rotatable bonds is 7. The molecule has 1 aliphatic rings. The van der Waals surface area contributed by atoms with Crippen LogP contribution < -0.4 is 9.47 Å². The third kappa shape index (κ3) is 4.60. The van der Waals surface area contributed by atoms with Gasteiger partial charge < -0.3 is 19.3 Å². The number of carbonyl (C=O) groups excluding carboxylic acids is 2. The van der Waals surface area contributed by atoms with Crippen molar-refractivity contribution in [3.63, 3.8) is 0 Å². The molecule has 0 spiro atoms. The van der Waals surface area contributed by atoms with E-state index in [1.165, 1.54) is 22.4 Å². The van der Waals surface area contributed by atoms with Gasteiger partial charge in [-0.3, -0.25) is 4.79 Å². The van der Waals surface area contributed by atoms with Gasteiger partial charge in [-0.1, -0.05) is 24.3 Å². The highest BCUT2D eigenvalue weighted by molar-refractivity contribution is 7.12. The van der Waals surface area contributed by atoms with E-state index in [1.54, 1.807) is 39.3 Å². The molecule has 0 bridgehead atoms. The number of carbonyl (C=O) groups is 2. The molecule has 9 heteroatoms. The van der Waals surface area contributed by atoms with Crippen LogP contribution in [0, 0.1) is 6.92 Å². The Morgan fingerprint density at radius 3 is 2.62 bits per heavy atom. The molecule has 0 saturated heterocycles. The number of aromatic hydroxyl groups is 1. The van der Waals surface area contributed by atoms with Crippen molar-refractivity contribution in [3.05, 3.63) is 75.5 Å². The summed E-state index contributed by atoms with van der Waals surface area (Å²) < 4.78 is 16.0. The van der Waals surface area contributed by atoms with Gasteiger partial charge in [-0.25, -0.2) is 9.80 Å². The summed E-state index contributed by atoms with van der Waals surface area (Å²) in [5, 5.41) is 18.0.